The molecule has 4 heterocycles. The minimum absolute atomic E-state index is 0.0203. The van der Waals surface area contributed by atoms with Crippen molar-refractivity contribution in [2.45, 2.75) is 67.0 Å². The Morgan fingerprint density at radius 1 is 1.28 bits per heavy atom. The van der Waals surface area contributed by atoms with Crippen molar-refractivity contribution in [2.24, 2.45) is 18.9 Å². The molecule has 2 aromatic rings. The van der Waals surface area contributed by atoms with E-state index in [1.165, 1.54) is 31.8 Å². The number of carbonyl (C=O) groups is 2. The molecule has 3 unspecified atom stereocenters. The Kier molecular flexibility index (Phi) is 9.19. The molecule has 0 aliphatic carbocycles. The fourth-order valence-corrected chi connectivity index (χ4v) is 6.02. The average molecular weight is 687 g/mol. The SMILES string of the molecule is CCC1=C(C(=O)[O-])N2C(=O)C(C(C)O)C2[C@H]1C.Cc1sc2c(C)[n+](C)c(C)n2c1C.II. The van der Waals surface area contributed by atoms with Gasteiger partial charge in [0.05, 0.1) is 36.8 Å². The second-order valence-corrected chi connectivity index (χ2v) is 9.55. The number of aryl methyl sites for hydroxylation is 4. The molecule has 0 radical (unpaired) electrons. The van der Waals surface area contributed by atoms with Gasteiger partial charge in [-0.05, 0) is 32.8 Å². The number of aliphatic carboxylic acids is 1. The lowest BCUT2D eigenvalue weighted by Gasteiger charge is -2.47. The number of hydrogen-bond acceptors (Lipinski definition) is 5. The van der Waals surface area contributed by atoms with E-state index in [-0.39, 0.29) is 23.6 Å². The molecule has 4 rings (SSSR count). The molecule has 4 atom stereocenters. The predicted molar refractivity (Wildman–Crippen MR) is 141 cm³/mol. The van der Waals surface area contributed by atoms with Crippen LogP contribution < -0.4 is 9.67 Å². The van der Waals surface area contributed by atoms with Crippen molar-refractivity contribution in [1.82, 2.24) is 9.30 Å². The van der Waals surface area contributed by atoms with E-state index in [0.717, 1.165) is 5.57 Å². The standard InChI is InChI=1S/C12H17NO4.C10H15N2S.I2/c1-4-7-5(2)9-8(6(3)14)11(15)13(9)10(7)12(16)17;1-6-8(3)13-10-7(2)11(5)9(4)12(6)10;1-2/h5-6,8-9,14H,4H2,1-3H3,(H,16,17);1-5H3;/q;+1;/p-1/t5-,6?,8?,9?;;/m0../s1. The third-order valence-corrected chi connectivity index (χ3v) is 8.08. The van der Waals surface area contributed by atoms with Gasteiger partial charge in [0, 0.05) is 61.9 Å². The molecule has 0 aromatic carbocycles. The molecule has 178 valence electrons. The average Bonchev–Trinajstić information content (AvgIpc) is 3.26. The number of imidazole rings is 1. The van der Waals surface area contributed by atoms with Crippen LogP contribution in [0.25, 0.3) is 4.83 Å². The number of nitrogens with zero attached hydrogens (tertiary/aromatic N) is 3. The molecule has 0 saturated carbocycles. The van der Waals surface area contributed by atoms with Gasteiger partial charge in [-0.1, -0.05) is 25.2 Å². The molecule has 2 aliphatic heterocycles. The number of β-lactam (4-membered cyclic amide) rings is 1. The summed E-state index contributed by atoms with van der Waals surface area (Å²) >= 11 is 6.12. The Morgan fingerprint density at radius 2 is 1.84 bits per heavy atom. The highest BCUT2D eigenvalue weighted by Crippen LogP contribution is 2.47. The number of aromatic nitrogens is 2. The quantitative estimate of drug-likeness (QED) is 0.306. The highest BCUT2D eigenvalue weighted by atomic mass is 128. The van der Waals surface area contributed by atoms with Crippen LogP contribution in [-0.2, 0) is 16.6 Å². The molecule has 10 heteroatoms. The lowest BCUT2D eigenvalue weighted by atomic mass is 9.77. The number of fused-ring (bicyclic) bond motifs is 2. The number of carboxylic acid groups (broad SMARTS) is 1. The number of hydrogen-bond donors (Lipinski definition) is 1. The minimum atomic E-state index is -1.30. The first-order chi connectivity index (χ1) is 14.9. The van der Waals surface area contributed by atoms with Crippen LogP contribution in [0.5, 0.6) is 0 Å². The molecular formula is C22H31I2N3O4S. The summed E-state index contributed by atoms with van der Waals surface area (Å²) in [5.74, 6) is -0.795. The van der Waals surface area contributed by atoms with Crippen LogP contribution >= 0.6 is 48.6 Å². The van der Waals surface area contributed by atoms with Crippen molar-refractivity contribution in [3.8, 4) is 0 Å². The van der Waals surface area contributed by atoms with Crippen molar-refractivity contribution in [3.05, 3.63) is 33.4 Å². The summed E-state index contributed by atoms with van der Waals surface area (Å²) < 4.78 is 4.59. The van der Waals surface area contributed by atoms with Crippen molar-refractivity contribution < 1.29 is 24.4 Å². The number of carboxylic acids is 1. The molecule has 1 fully saturated rings. The second-order valence-electron chi connectivity index (χ2n) is 8.34. The summed E-state index contributed by atoms with van der Waals surface area (Å²) in [6, 6.07) is -0.217. The van der Waals surface area contributed by atoms with Crippen LogP contribution in [0.2, 0.25) is 0 Å². The molecule has 0 spiro atoms. The Morgan fingerprint density at radius 3 is 2.28 bits per heavy atom. The van der Waals surface area contributed by atoms with Gasteiger partial charge in [-0.25, -0.2) is 4.57 Å². The molecule has 32 heavy (non-hydrogen) atoms. The van der Waals surface area contributed by atoms with E-state index in [0.29, 0.717) is 6.42 Å². The van der Waals surface area contributed by atoms with Gasteiger partial charge in [-0.15, -0.1) is 0 Å². The van der Waals surface area contributed by atoms with Crippen LogP contribution in [-0.4, -0.2) is 38.4 Å². The number of thiazole rings is 1. The first kappa shape index (κ1) is 27.5. The van der Waals surface area contributed by atoms with Crippen LogP contribution in [0, 0.1) is 39.5 Å². The maximum Gasteiger partial charge on any atom is 0.259 e. The van der Waals surface area contributed by atoms with E-state index in [4.69, 9.17) is 0 Å². The highest BCUT2D eigenvalue weighted by molar-refractivity contribution is 15.0. The zero-order valence-corrected chi connectivity index (χ0v) is 24.8. The van der Waals surface area contributed by atoms with Crippen LogP contribution in [0.3, 0.4) is 0 Å². The molecular weight excluding hydrogens is 656 g/mol. The second kappa shape index (κ2) is 10.7. The number of aliphatic hydroxyl groups is 1. The number of rotatable bonds is 3. The van der Waals surface area contributed by atoms with E-state index >= 15 is 0 Å². The van der Waals surface area contributed by atoms with Gasteiger partial charge >= 0.3 is 0 Å². The highest BCUT2D eigenvalue weighted by Gasteiger charge is 2.58. The topological polar surface area (TPSA) is 89.0 Å². The van der Waals surface area contributed by atoms with Gasteiger partial charge in [0.25, 0.3) is 5.82 Å². The van der Waals surface area contributed by atoms with E-state index in [9.17, 15) is 19.8 Å². The number of carbonyl (C=O) groups excluding carboxylic acids is 2. The third-order valence-electron chi connectivity index (χ3n) is 6.81. The van der Waals surface area contributed by atoms with E-state index < -0.39 is 18.0 Å². The van der Waals surface area contributed by atoms with Gasteiger partial charge in [-0.2, -0.15) is 4.40 Å². The molecule has 7 nitrogen and oxygen atoms in total. The molecule has 1 saturated heterocycles. The van der Waals surface area contributed by atoms with Gasteiger partial charge in [-0.3, -0.25) is 4.79 Å². The Balaban J connectivity index is 0.000000217. The van der Waals surface area contributed by atoms with Crippen molar-refractivity contribution in [2.75, 3.05) is 0 Å². The van der Waals surface area contributed by atoms with Gasteiger partial charge in [0.2, 0.25) is 10.7 Å². The summed E-state index contributed by atoms with van der Waals surface area (Å²) in [5.41, 5.74) is 3.50. The molecule has 1 amide bonds. The van der Waals surface area contributed by atoms with Crippen molar-refractivity contribution in [1.29, 1.82) is 0 Å². The predicted octanol–water partition coefficient (Wildman–Crippen LogP) is 3.09. The zero-order chi connectivity index (χ0) is 24.7. The monoisotopic (exact) mass is 687 g/mol. The summed E-state index contributed by atoms with van der Waals surface area (Å²) in [6.45, 7) is 14.0. The summed E-state index contributed by atoms with van der Waals surface area (Å²) in [4.78, 5) is 27.0. The van der Waals surface area contributed by atoms with Crippen molar-refractivity contribution in [3.63, 3.8) is 0 Å². The molecule has 2 aliphatic rings. The van der Waals surface area contributed by atoms with E-state index in [1.54, 1.807) is 6.92 Å². The largest absolute Gasteiger partial charge is 0.543 e. The zero-order valence-electron chi connectivity index (χ0n) is 19.7. The Labute approximate surface area is 216 Å². The van der Waals surface area contributed by atoms with Gasteiger partial charge in [0.15, 0.2) is 5.69 Å². The summed E-state index contributed by atoms with van der Waals surface area (Å²) in [6.07, 6.45) is -0.164. The number of halogens is 2. The van der Waals surface area contributed by atoms with E-state index in [1.807, 2.05) is 25.2 Å². The number of aliphatic hydroxyl groups excluding tert-OH is 1. The van der Waals surface area contributed by atoms with Gasteiger partial charge in [0.1, 0.15) is 5.69 Å². The normalized spacial score (nSPS) is 22.7. The first-order valence-electron chi connectivity index (χ1n) is 10.5. The summed E-state index contributed by atoms with van der Waals surface area (Å²) in [5, 5.41) is 20.7. The first-order valence-corrected chi connectivity index (χ1v) is 17.6. The Bertz CT molecular complexity index is 1070. The van der Waals surface area contributed by atoms with Crippen molar-refractivity contribution >= 4 is 65.3 Å². The van der Waals surface area contributed by atoms with E-state index in [2.05, 4.69) is 80.9 Å². The molecule has 0 bridgehead atoms. The fourth-order valence-electron chi connectivity index (χ4n) is 4.85. The molecule has 1 N–H and O–H groups in total. The lowest BCUT2D eigenvalue weighted by Crippen LogP contribution is -2.64. The minimum Gasteiger partial charge on any atom is -0.543 e. The maximum atomic E-state index is 11.8. The van der Waals surface area contributed by atoms with Crippen LogP contribution in [0.1, 0.15) is 49.3 Å². The maximum absolute atomic E-state index is 11.8. The summed E-state index contributed by atoms with van der Waals surface area (Å²) in [7, 11) is 2.12. The smallest absolute Gasteiger partial charge is 0.259 e. The fraction of sp³-hybridized carbons (Fsp3) is 0.591. The molecule has 2 aromatic heterocycles. The lowest BCUT2D eigenvalue weighted by molar-refractivity contribution is -0.682. The Hall–Kier alpha value is -0.730. The number of amides is 1. The van der Waals surface area contributed by atoms with Gasteiger partial charge < -0.3 is 19.9 Å². The van der Waals surface area contributed by atoms with Crippen LogP contribution in [0.15, 0.2) is 11.3 Å². The third kappa shape index (κ3) is 4.36. The van der Waals surface area contributed by atoms with Crippen LogP contribution in [0.4, 0.5) is 0 Å².